The maximum absolute atomic E-state index is 11.4. The van der Waals surface area contributed by atoms with Gasteiger partial charge in [0.2, 0.25) is 0 Å². The molecule has 1 saturated carbocycles. The molecule has 1 aliphatic carbocycles. The Morgan fingerprint density at radius 1 is 1.16 bits per heavy atom. The van der Waals surface area contributed by atoms with Gasteiger partial charge in [0, 0.05) is 11.9 Å². The smallest absolute Gasteiger partial charge is 0.315 e. The zero-order valence-electron chi connectivity index (χ0n) is 10.3. The van der Waals surface area contributed by atoms with Crippen LogP contribution in [0.2, 0.25) is 0 Å². The second-order valence-corrected chi connectivity index (χ2v) is 4.78. The van der Waals surface area contributed by atoms with Gasteiger partial charge in [0.15, 0.2) is 0 Å². The second-order valence-electron chi connectivity index (χ2n) is 4.78. The largest absolute Gasteiger partial charge is 0.481 e. The molecule has 1 aliphatic rings. The summed E-state index contributed by atoms with van der Waals surface area (Å²) in [7, 11) is 0. The third-order valence-electron chi connectivity index (χ3n) is 3.47. The van der Waals surface area contributed by atoms with Gasteiger partial charge < -0.3 is 10.4 Å². The molecule has 0 aliphatic heterocycles. The lowest BCUT2D eigenvalue weighted by Crippen LogP contribution is -2.22. The highest BCUT2D eigenvalue weighted by atomic mass is 16.4. The number of carboxylic acid groups (broad SMARTS) is 1. The first-order valence-corrected chi connectivity index (χ1v) is 6.23. The van der Waals surface area contributed by atoms with E-state index in [9.17, 15) is 9.90 Å². The number of para-hydroxylation sites is 1. The number of benzene rings is 1. The van der Waals surface area contributed by atoms with Crippen LogP contribution in [-0.4, -0.2) is 16.1 Å². The molecule has 0 saturated heterocycles. The Morgan fingerprint density at radius 3 is 2.53 bits per heavy atom. The number of nitrogens with zero attached hydrogens (tertiary/aromatic N) is 1. The molecular weight excluding hydrogens is 240 g/mol. The Morgan fingerprint density at radius 2 is 1.89 bits per heavy atom. The molecule has 96 valence electrons. The van der Waals surface area contributed by atoms with Gasteiger partial charge >= 0.3 is 5.97 Å². The van der Waals surface area contributed by atoms with Crippen molar-refractivity contribution in [3.63, 3.8) is 0 Å². The highest BCUT2D eigenvalue weighted by Crippen LogP contribution is 2.50. The van der Waals surface area contributed by atoms with Gasteiger partial charge in [0.05, 0.1) is 11.4 Å². The molecular formula is C15H14N2O2. The average molecular weight is 254 g/mol. The summed E-state index contributed by atoms with van der Waals surface area (Å²) in [6, 6.07) is 13.4. The Balaban J connectivity index is 1.97. The van der Waals surface area contributed by atoms with Gasteiger partial charge in [0.25, 0.3) is 0 Å². The van der Waals surface area contributed by atoms with Crippen molar-refractivity contribution in [1.29, 1.82) is 0 Å². The van der Waals surface area contributed by atoms with Crippen LogP contribution in [0.5, 0.6) is 0 Å². The first kappa shape index (κ1) is 11.7. The number of hydrogen-bond donors (Lipinski definition) is 2. The molecule has 1 aromatic carbocycles. The van der Waals surface area contributed by atoms with Crippen molar-refractivity contribution >= 4 is 17.3 Å². The summed E-state index contributed by atoms with van der Waals surface area (Å²) >= 11 is 0. The van der Waals surface area contributed by atoms with Crippen molar-refractivity contribution < 1.29 is 9.90 Å². The normalized spacial score (nSPS) is 15.8. The highest BCUT2D eigenvalue weighted by molar-refractivity contribution is 5.87. The molecule has 0 bridgehead atoms. The predicted octanol–water partition coefficient (Wildman–Crippen LogP) is 2.94. The van der Waals surface area contributed by atoms with Crippen LogP contribution in [0.3, 0.4) is 0 Å². The maximum atomic E-state index is 11.4. The van der Waals surface area contributed by atoms with Crippen LogP contribution in [0.15, 0.2) is 48.7 Å². The average Bonchev–Trinajstić information content (AvgIpc) is 3.22. The minimum absolute atomic E-state index is 0.631. The summed E-state index contributed by atoms with van der Waals surface area (Å²) in [4.78, 5) is 15.7. The number of carbonyl (C=O) groups is 1. The molecule has 2 N–H and O–H groups in total. The summed E-state index contributed by atoms with van der Waals surface area (Å²) in [5.41, 5.74) is 1.54. The van der Waals surface area contributed by atoms with Gasteiger partial charge in [-0.05, 0) is 37.1 Å². The number of rotatable bonds is 4. The third kappa shape index (κ3) is 2.05. The first-order valence-electron chi connectivity index (χ1n) is 6.23. The summed E-state index contributed by atoms with van der Waals surface area (Å²) in [5, 5.41) is 12.6. The Hall–Kier alpha value is -2.36. The van der Waals surface area contributed by atoms with Crippen LogP contribution in [-0.2, 0) is 10.2 Å². The number of anilines is 2. The quantitative estimate of drug-likeness (QED) is 0.880. The number of pyridine rings is 1. The van der Waals surface area contributed by atoms with Gasteiger partial charge in [-0.1, -0.05) is 18.2 Å². The fourth-order valence-corrected chi connectivity index (χ4v) is 2.24. The van der Waals surface area contributed by atoms with Crippen LogP contribution < -0.4 is 5.32 Å². The molecule has 4 nitrogen and oxygen atoms in total. The Bertz CT molecular complexity index is 607. The van der Waals surface area contributed by atoms with Gasteiger partial charge in [-0.3, -0.25) is 9.78 Å². The molecule has 0 amide bonds. The lowest BCUT2D eigenvalue weighted by molar-refractivity contribution is -0.140. The van der Waals surface area contributed by atoms with E-state index in [1.54, 1.807) is 6.20 Å². The fourth-order valence-electron chi connectivity index (χ4n) is 2.24. The third-order valence-corrected chi connectivity index (χ3v) is 3.47. The zero-order chi connectivity index (χ0) is 13.3. The zero-order valence-corrected chi connectivity index (χ0v) is 10.3. The highest BCUT2D eigenvalue weighted by Gasteiger charge is 2.54. The summed E-state index contributed by atoms with van der Waals surface area (Å²) < 4.78 is 0. The van der Waals surface area contributed by atoms with Crippen LogP contribution in [0.4, 0.5) is 11.4 Å². The van der Waals surface area contributed by atoms with Crippen molar-refractivity contribution in [3.05, 3.63) is 54.4 Å². The monoisotopic (exact) mass is 254 g/mol. The molecule has 3 rings (SSSR count). The summed E-state index contributed by atoms with van der Waals surface area (Å²) in [5.74, 6) is -0.790. The molecule has 0 radical (unpaired) electrons. The van der Waals surface area contributed by atoms with Gasteiger partial charge in [-0.2, -0.15) is 0 Å². The van der Waals surface area contributed by atoms with E-state index in [0.29, 0.717) is 18.5 Å². The minimum Gasteiger partial charge on any atom is -0.481 e. The van der Waals surface area contributed by atoms with E-state index in [1.165, 1.54) is 0 Å². The van der Waals surface area contributed by atoms with Crippen LogP contribution in [0, 0.1) is 0 Å². The molecule has 0 atom stereocenters. The topological polar surface area (TPSA) is 62.2 Å². The number of aromatic nitrogens is 1. The first-order chi connectivity index (χ1) is 9.22. The van der Waals surface area contributed by atoms with Crippen molar-refractivity contribution in [1.82, 2.24) is 4.98 Å². The molecule has 0 spiro atoms. The van der Waals surface area contributed by atoms with E-state index in [1.807, 2.05) is 42.5 Å². The van der Waals surface area contributed by atoms with Crippen LogP contribution in [0.1, 0.15) is 18.5 Å². The number of aliphatic carboxylic acids is 1. The van der Waals surface area contributed by atoms with Crippen molar-refractivity contribution in [2.75, 3.05) is 5.32 Å². The number of carboxylic acids is 1. The molecule has 2 aromatic rings. The second kappa shape index (κ2) is 4.39. The van der Waals surface area contributed by atoms with Gasteiger partial charge in [-0.25, -0.2) is 0 Å². The van der Waals surface area contributed by atoms with E-state index in [0.717, 1.165) is 11.4 Å². The van der Waals surface area contributed by atoms with Crippen molar-refractivity contribution in [3.8, 4) is 0 Å². The molecule has 4 heteroatoms. The van der Waals surface area contributed by atoms with Crippen LogP contribution in [0.25, 0.3) is 0 Å². The summed E-state index contributed by atoms with van der Waals surface area (Å²) in [6.45, 7) is 0. The molecule has 1 heterocycles. The molecule has 19 heavy (non-hydrogen) atoms. The fraction of sp³-hybridized carbons (Fsp3) is 0.200. The Labute approximate surface area is 111 Å². The van der Waals surface area contributed by atoms with E-state index < -0.39 is 11.4 Å². The van der Waals surface area contributed by atoms with Gasteiger partial charge in [-0.15, -0.1) is 0 Å². The van der Waals surface area contributed by atoms with Gasteiger partial charge in [0.1, 0.15) is 5.41 Å². The van der Waals surface area contributed by atoms with Crippen LogP contribution >= 0.6 is 0 Å². The predicted molar refractivity (Wildman–Crippen MR) is 72.5 cm³/mol. The van der Waals surface area contributed by atoms with E-state index in [-0.39, 0.29) is 0 Å². The standard InChI is InChI=1S/C15H14N2O2/c18-14(19)15(8-9-15)13-12(7-4-10-16-13)17-11-5-2-1-3-6-11/h1-7,10,17H,8-9H2,(H,18,19). The minimum atomic E-state index is -0.793. The summed E-state index contributed by atoms with van der Waals surface area (Å²) in [6.07, 6.45) is 2.96. The van der Waals surface area contributed by atoms with E-state index >= 15 is 0 Å². The Kier molecular flexibility index (Phi) is 2.71. The SMILES string of the molecule is O=C(O)C1(c2ncccc2Nc2ccccc2)CC1. The lowest BCUT2D eigenvalue weighted by atomic mass is 10.0. The molecule has 1 fully saturated rings. The lowest BCUT2D eigenvalue weighted by Gasteiger charge is -2.15. The van der Waals surface area contributed by atoms with E-state index in [2.05, 4.69) is 10.3 Å². The number of hydrogen-bond acceptors (Lipinski definition) is 3. The van der Waals surface area contributed by atoms with Crippen molar-refractivity contribution in [2.24, 2.45) is 0 Å². The molecule has 1 aromatic heterocycles. The number of nitrogens with one attached hydrogen (secondary N) is 1. The van der Waals surface area contributed by atoms with Crippen molar-refractivity contribution in [2.45, 2.75) is 18.3 Å². The van der Waals surface area contributed by atoms with E-state index in [4.69, 9.17) is 0 Å². The molecule has 0 unspecified atom stereocenters. The maximum Gasteiger partial charge on any atom is 0.315 e.